The SMILES string of the molecule is CCCNCC(OCCOC(C)(C)C)C(C)C. The second-order valence-corrected chi connectivity index (χ2v) is 5.82. The van der Waals surface area contributed by atoms with Crippen molar-refractivity contribution < 1.29 is 9.47 Å². The molecule has 0 heterocycles. The summed E-state index contributed by atoms with van der Waals surface area (Å²) in [5.41, 5.74) is -0.0723. The number of hydrogen-bond donors (Lipinski definition) is 1. The Bertz CT molecular complexity index is 176. The highest BCUT2D eigenvalue weighted by atomic mass is 16.5. The van der Waals surface area contributed by atoms with Gasteiger partial charge in [-0.3, -0.25) is 0 Å². The Morgan fingerprint density at radius 2 is 1.76 bits per heavy atom. The highest BCUT2D eigenvalue weighted by Gasteiger charge is 2.14. The van der Waals surface area contributed by atoms with Crippen LogP contribution in [0.4, 0.5) is 0 Å². The fraction of sp³-hybridized carbons (Fsp3) is 1.00. The molecule has 3 heteroatoms. The molecule has 0 aromatic heterocycles. The predicted octanol–water partition coefficient (Wildman–Crippen LogP) is 2.84. The smallest absolute Gasteiger partial charge is 0.0723 e. The van der Waals surface area contributed by atoms with Crippen LogP contribution in [0.25, 0.3) is 0 Å². The first-order valence-corrected chi connectivity index (χ1v) is 6.83. The van der Waals surface area contributed by atoms with E-state index in [-0.39, 0.29) is 11.7 Å². The first kappa shape index (κ1) is 16.9. The van der Waals surface area contributed by atoms with Crippen molar-refractivity contribution in [1.82, 2.24) is 5.32 Å². The predicted molar refractivity (Wildman–Crippen MR) is 73.4 cm³/mol. The molecule has 0 saturated heterocycles. The molecule has 1 unspecified atom stereocenters. The van der Waals surface area contributed by atoms with Crippen molar-refractivity contribution >= 4 is 0 Å². The first-order chi connectivity index (χ1) is 7.87. The number of rotatable bonds is 9. The third kappa shape index (κ3) is 10.7. The molecule has 0 fully saturated rings. The van der Waals surface area contributed by atoms with Crippen LogP contribution in [-0.2, 0) is 9.47 Å². The van der Waals surface area contributed by atoms with Gasteiger partial charge in [0.2, 0.25) is 0 Å². The molecular weight excluding hydrogens is 214 g/mol. The van der Waals surface area contributed by atoms with E-state index >= 15 is 0 Å². The maximum atomic E-state index is 5.86. The zero-order valence-corrected chi connectivity index (χ0v) is 12.5. The van der Waals surface area contributed by atoms with Crippen molar-refractivity contribution in [2.45, 2.75) is 59.7 Å². The van der Waals surface area contributed by atoms with Gasteiger partial charge in [0.25, 0.3) is 0 Å². The lowest BCUT2D eigenvalue weighted by Crippen LogP contribution is -2.34. The Kier molecular flexibility index (Phi) is 8.83. The zero-order valence-electron chi connectivity index (χ0n) is 12.5. The van der Waals surface area contributed by atoms with Gasteiger partial charge in [0, 0.05) is 6.54 Å². The summed E-state index contributed by atoms with van der Waals surface area (Å²) in [4.78, 5) is 0. The van der Waals surface area contributed by atoms with Crippen LogP contribution in [0.2, 0.25) is 0 Å². The van der Waals surface area contributed by atoms with Crippen molar-refractivity contribution in [2.24, 2.45) is 5.92 Å². The summed E-state index contributed by atoms with van der Waals surface area (Å²) in [6.45, 7) is 16.1. The monoisotopic (exact) mass is 245 g/mol. The van der Waals surface area contributed by atoms with E-state index in [1.807, 2.05) is 0 Å². The summed E-state index contributed by atoms with van der Waals surface area (Å²) >= 11 is 0. The van der Waals surface area contributed by atoms with Crippen molar-refractivity contribution in [3.8, 4) is 0 Å². The van der Waals surface area contributed by atoms with Crippen LogP contribution in [0.1, 0.15) is 48.0 Å². The molecule has 104 valence electrons. The molecule has 0 aliphatic heterocycles. The van der Waals surface area contributed by atoms with Crippen molar-refractivity contribution in [3.63, 3.8) is 0 Å². The van der Waals surface area contributed by atoms with E-state index in [1.54, 1.807) is 0 Å². The second-order valence-electron chi connectivity index (χ2n) is 5.82. The molecule has 0 rings (SSSR count). The topological polar surface area (TPSA) is 30.5 Å². The van der Waals surface area contributed by atoms with Gasteiger partial charge in [0.1, 0.15) is 0 Å². The molecule has 1 atom stereocenters. The molecule has 0 aliphatic rings. The normalized spacial score (nSPS) is 14.3. The Morgan fingerprint density at radius 3 is 2.24 bits per heavy atom. The molecule has 17 heavy (non-hydrogen) atoms. The number of ether oxygens (including phenoxy) is 2. The third-order valence-electron chi connectivity index (χ3n) is 2.47. The minimum atomic E-state index is -0.0723. The lowest BCUT2D eigenvalue weighted by Gasteiger charge is -2.24. The standard InChI is InChI=1S/C14H31NO2/c1-7-8-15-11-13(12(2)3)16-9-10-17-14(4,5)6/h12-13,15H,7-11H2,1-6H3. The van der Waals surface area contributed by atoms with Crippen molar-refractivity contribution in [2.75, 3.05) is 26.3 Å². The van der Waals surface area contributed by atoms with E-state index in [4.69, 9.17) is 9.47 Å². The average molecular weight is 245 g/mol. The lowest BCUT2D eigenvalue weighted by molar-refractivity contribution is -0.0594. The van der Waals surface area contributed by atoms with E-state index in [9.17, 15) is 0 Å². The second kappa shape index (κ2) is 8.90. The molecular formula is C14H31NO2. The molecule has 0 saturated carbocycles. The molecule has 0 aromatic carbocycles. The fourth-order valence-corrected chi connectivity index (χ4v) is 1.46. The number of hydrogen-bond acceptors (Lipinski definition) is 3. The first-order valence-electron chi connectivity index (χ1n) is 6.83. The van der Waals surface area contributed by atoms with E-state index in [2.05, 4.69) is 46.9 Å². The largest absolute Gasteiger partial charge is 0.374 e. The summed E-state index contributed by atoms with van der Waals surface area (Å²) in [5, 5.41) is 3.41. The van der Waals surface area contributed by atoms with Crippen LogP contribution in [0, 0.1) is 5.92 Å². The molecule has 1 N–H and O–H groups in total. The van der Waals surface area contributed by atoms with E-state index in [1.165, 1.54) is 0 Å². The van der Waals surface area contributed by atoms with Crippen molar-refractivity contribution in [3.05, 3.63) is 0 Å². The zero-order chi connectivity index (χ0) is 13.3. The van der Waals surface area contributed by atoms with E-state index in [0.717, 1.165) is 19.5 Å². The lowest BCUT2D eigenvalue weighted by atomic mass is 10.1. The summed E-state index contributed by atoms with van der Waals surface area (Å²) in [7, 11) is 0. The van der Waals surface area contributed by atoms with E-state index < -0.39 is 0 Å². The van der Waals surface area contributed by atoms with Gasteiger partial charge in [-0.25, -0.2) is 0 Å². The molecule has 0 amide bonds. The van der Waals surface area contributed by atoms with Crippen LogP contribution >= 0.6 is 0 Å². The molecule has 0 bridgehead atoms. The van der Waals surface area contributed by atoms with Gasteiger partial charge < -0.3 is 14.8 Å². The quantitative estimate of drug-likeness (QED) is 0.634. The minimum Gasteiger partial charge on any atom is -0.374 e. The summed E-state index contributed by atoms with van der Waals surface area (Å²) in [6, 6.07) is 0. The summed E-state index contributed by atoms with van der Waals surface area (Å²) < 4.78 is 11.5. The highest BCUT2D eigenvalue weighted by molar-refractivity contribution is 4.66. The van der Waals surface area contributed by atoms with Gasteiger partial charge in [-0.2, -0.15) is 0 Å². The van der Waals surface area contributed by atoms with Crippen LogP contribution in [0.5, 0.6) is 0 Å². The van der Waals surface area contributed by atoms with Gasteiger partial charge >= 0.3 is 0 Å². The maximum absolute atomic E-state index is 5.86. The van der Waals surface area contributed by atoms with Gasteiger partial charge in [-0.15, -0.1) is 0 Å². The fourth-order valence-electron chi connectivity index (χ4n) is 1.46. The Balaban J connectivity index is 3.70. The molecule has 0 spiro atoms. The van der Waals surface area contributed by atoms with Crippen LogP contribution in [-0.4, -0.2) is 38.0 Å². The van der Waals surface area contributed by atoms with Gasteiger partial charge in [-0.05, 0) is 39.7 Å². The maximum Gasteiger partial charge on any atom is 0.0723 e. The Hall–Kier alpha value is -0.120. The third-order valence-corrected chi connectivity index (χ3v) is 2.47. The van der Waals surface area contributed by atoms with Gasteiger partial charge in [-0.1, -0.05) is 20.8 Å². The van der Waals surface area contributed by atoms with Crippen molar-refractivity contribution in [1.29, 1.82) is 0 Å². The summed E-state index contributed by atoms with van der Waals surface area (Å²) in [6.07, 6.45) is 1.45. The Morgan fingerprint density at radius 1 is 1.12 bits per heavy atom. The summed E-state index contributed by atoms with van der Waals surface area (Å²) in [5.74, 6) is 0.536. The average Bonchev–Trinajstić information content (AvgIpc) is 2.19. The molecule has 0 aromatic rings. The van der Waals surface area contributed by atoms with Crippen LogP contribution < -0.4 is 5.32 Å². The highest BCUT2D eigenvalue weighted by Crippen LogP contribution is 2.08. The van der Waals surface area contributed by atoms with Gasteiger partial charge in [0.15, 0.2) is 0 Å². The molecule has 0 aliphatic carbocycles. The van der Waals surface area contributed by atoms with Gasteiger partial charge in [0.05, 0.1) is 24.9 Å². The Labute approximate surface area is 107 Å². The van der Waals surface area contributed by atoms with Crippen LogP contribution in [0.3, 0.4) is 0 Å². The number of nitrogens with one attached hydrogen (secondary N) is 1. The van der Waals surface area contributed by atoms with E-state index in [0.29, 0.717) is 19.1 Å². The molecule has 0 radical (unpaired) electrons. The molecule has 3 nitrogen and oxygen atoms in total. The minimum absolute atomic E-state index is 0.0723. The van der Waals surface area contributed by atoms with Crippen LogP contribution in [0.15, 0.2) is 0 Å².